The zero-order valence-electron chi connectivity index (χ0n) is 21.4. The quantitative estimate of drug-likeness (QED) is 0.490. The molecule has 1 aliphatic carbocycles. The monoisotopic (exact) mass is 541 g/mol. The standard InChI is InChI=1S/C28H30ClF2N5O2/c1-3-36-27-18-9-11-32-21(13-18)23(6-4-5-16(2)28(38)34-22(27)15-33-36)35-12-10-17(14-24(35)37)25-20(30)8-7-19(29)26(25)31/h9,11,13-16,23H,3-8,10,12H2,1-2H3,(H,34,38). The molecule has 2 bridgehead atoms. The van der Waals surface area contributed by atoms with Crippen LogP contribution in [0.1, 0.15) is 64.1 Å². The molecule has 2 aliphatic heterocycles. The zero-order valence-corrected chi connectivity index (χ0v) is 22.2. The Morgan fingerprint density at radius 2 is 2.00 bits per heavy atom. The highest BCUT2D eigenvalue weighted by atomic mass is 35.5. The number of anilines is 1. The molecule has 2 atom stereocenters. The van der Waals surface area contributed by atoms with Gasteiger partial charge < -0.3 is 10.2 Å². The Bertz CT molecular complexity index is 1380. The van der Waals surface area contributed by atoms with Crippen LogP contribution in [0.15, 0.2) is 58.4 Å². The number of carbonyl (C=O) groups excluding carboxylic acids is 2. The highest BCUT2D eigenvalue weighted by molar-refractivity contribution is 6.30. The molecule has 0 saturated carbocycles. The van der Waals surface area contributed by atoms with Gasteiger partial charge in [-0.05, 0) is 50.3 Å². The van der Waals surface area contributed by atoms with E-state index in [9.17, 15) is 18.4 Å². The number of nitrogens with zero attached hydrogens (tertiary/aromatic N) is 4. The topological polar surface area (TPSA) is 80.1 Å². The van der Waals surface area contributed by atoms with Crippen LogP contribution in [0.25, 0.3) is 11.3 Å². The van der Waals surface area contributed by atoms with Gasteiger partial charge in [-0.2, -0.15) is 5.10 Å². The van der Waals surface area contributed by atoms with Gasteiger partial charge >= 0.3 is 0 Å². The number of hydrogen-bond donors (Lipinski definition) is 1. The summed E-state index contributed by atoms with van der Waals surface area (Å²) in [5.41, 5.74) is 3.13. The molecule has 5 rings (SSSR count). The van der Waals surface area contributed by atoms with E-state index in [1.165, 1.54) is 6.08 Å². The summed E-state index contributed by atoms with van der Waals surface area (Å²) in [6.07, 6.45) is 7.06. The Hall–Kier alpha value is -3.33. The van der Waals surface area contributed by atoms with Crippen molar-refractivity contribution < 1.29 is 18.4 Å². The summed E-state index contributed by atoms with van der Waals surface area (Å²) in [7, 11) is 0. The SMILES string of the molecule is CCn1ncc2c1-c1ccnc(c1)C(N1CCC(C3=C(F)CCC(Cl)=C3F)=CC1=O)CCCC(C)C(=O)N2. The number of aromatic nitrogens is 3. The molecular weight excluding hydrogens is 512 g/mol. The number of aryl methyl sites for hydroxylation is 1. The van der Waals surface area contributed by atoms with Gasteiger partial charge in [-0.1, -0.05) is 24.9 Å². The van der Waals surface area contributed by atoms with Gasteiger partial charge in [-0.3, -0.25) is 19.3 Å². The molecule has 0 spiro atoms. The Morgan fingerprint density at radius 1 is 1.18 bits per heavy atom. The second-order valence-corrected chi connectivity index (χ2v) is 10.4. The summed E-state index contributed by atoms with van der Waals surface area (Å²) < 4.78 is 31.1. The van der Waals surface area contributed by atoms with Crippen LogP contribution in [-0.2, 0) is 16.1 Å². The van der Waals surface area contributed by atoms with Crippen molar-refractivity contribution >= 4 is 29.1 Å². The lowest BCUT2D eigenvalue weighted by atomic mass is 9.91. The molecule has 0 saturated heterocycles. The van der Waals surface area contributed by atoms with Crippen LogP contribution in [-0.4, -0.2) is 38.0 Å². The molecular formula is C28H30ClF2N5O2. The number of allylic oxidation sites excluding steroid dienone is 4. The second kappa shape index (κ2) is 10.8. The molecule has 0 fully saturated rings. The van der Waals surface area contributed by atoms with Crippen molar-refractivity contribution in [1.29, 1.82) is 0 Å². The van der Waals surface area contributed by atoms with Gasteiger partial charge in [0.15, 0.2) is 0 Å². The van der Waals surface area contributed by atoms with Crippen molar-refractivity contribution in [3.05, 3.63) is 64.1 Å². The Kier molecular flexibility index (Phi) is 7.47. The van der Waals surface area contributed by atoms with Gasteiger partial charge in [0.25, 0.3) is 0 Å². The maximum Gasteiger partial charge on any atom is 0.247 e. The van der Waals surface area contributed by atoms with Crippen molar-refractivity contribution in [2.24, 2.45) is 5.92 Å². The van der Waals surface area contributed by atoms with Crippen LogP contribution >= 0.6 is 11.6 Å². The van der Waals surface area contributed by atoms with Gasteiger partial charge in [0.05, 0.1) is 34.3 Å². The van der Waals surface area contributed by atoms with Crippen molar-refractivity contribution in [2.75, 3.05) is 11.9 Å². The maximum atomic E-state index is 14.7. The molecule has 200 valence electrons. The van der Waals surface area contributed by atoms with E-state index in [4.69, 9.17) is 11.6 Å². The van der Waals surface area contributed by atoms with E-state index in [0.717, 1.165) is 17.0 Å². The number of fused-ring (bicyclic) bond motifs is 4. The van der Waals surface area contributed by atoms with Crippen LogP contribution in [0, 0.1) is 5.92 Å². The number of pyridine rings is 1. The van der Waals surface area contributed by atoms with Crippen LogP contribution in [0.3, 0.4) is 0 Å². The number of rotatable bonds is 3. The van der Waals surface area contributed by atoms with E-state index in [0.29, 0.717) is 43.5 Å². The van der Waals surface area contributed by atoms with Gasteiger partial charge in [-0.15, -0.1) is 0 Å². The van der Waals surface area contributed by atoms with E-state index in [1.54, 1.807) is 17.3 Å². The smallest absolute Gasteiger partial charge is 0.247 e. The Balaban J connectivity index is 1.52. The number of hydrogen-bond acceptors (Lipinski definition) is 4. The third-order valence-corrected chi connectivity index (χ3v) is 7.90. The molecule has 2 aromatic heterocycles. The first kappa shape index (κ1) is 26.3. The number of nitrogens with one attached hydrogen (secondary N) is 1. The lowest BCUT2D eigenvalue weighted by molar-refractivity contribution is -0.129. The number of amides is 2. The predicted molar refractivity (Wildman–Crippen MR) is 141 cm³/mol. The minimum absolute atomic E-state index is 0.0126. The average Bonchev–Trinajstić information content (AvgIpc) is 3.31. The van der Waals surface area contributed by atoms with Crippen LogP contribution in [0.5, 0.6) is 0 Å². The van der Waals surface area contributed by atoms with Gasteiger partial charge in [0.2, 0.25) is 11.8 Å². The zero-order chi connectivity index (χ0) is 27.0. The summed E-state index contributed by atoms with van der Waals surface area (Å²) in [5.74, 6) is -1.99. The maximum absolute atomic E-state index is 14.7. The largest absolute Gasteiger partial charge is 0.330 e. The third kappa shape index (κ3) is 4.91. The lowest BCUT2D eigenvalue weighted by Gasteiger charge is -2.35. The van der Waals surface area contributed by atoms with E-state index in [1.807, 2.05) is 30.7 Å². The first-order valence-corrected chi connectivity index (χ1v) is 13.4. The lowest BCUT2D eigenvalue weighted by Crippen LogP contribution is -2.38. The minimum Gasteiger partial charge on any atom is -0.330 e. The Labute approximate surface area is 225 Å². The van der Waals surface area contributed by atoms with Crippen LogP contribution in [0.2, 0.25) is 0 Å². The molecule has 1 N–H and O–H groups in total. The average molecular weight is 542 g/mol. The van der Waals surface area contributed by atoms with Gasteiger partial charge in [0.1, 0.15) is 11.7 Å². The highest BCUT2D eigenvalue weighted by Crippen LogP contribution is 2.41. The molecule has 38 heavy (non-hydrogen) atoms. The van der Waals surface area contributed by atoms with Gasteiger partial charge in [0, 0.05) is 48.8 Å². The highest BCUT2D eigenvalue weighted by Gasteiger charge is 2.33. The van der Waals surface area contributed by atoms with E-state index in [-0.39, 0.29) is 53.8 Å². The summed E-state index contributed by atoms with van der Waals surface area (Å²) in [6, 6.07) is 3.44. The minimum atomic E-state index is -0.779. The number of carbonyl (C=O) groups is 2. The summed E-state index contributed by atoms with van der Waals surface area (Å²) in [5, 5.41) is 7.46. The summed E-state index contributed by atoms with van der Waals surface area (Å²) in [6.45, 7) is 4.77. The fourth-order valence-corrected chi connectivity index (χ4v) is 5.64. The van der Waals surface area contributed by atoms with E-state index < -0.39 is 11.7 Å². The summed E-state index contributed by atoms with van der Waals surface area (Å²) >= 11 is 5.97. The number of halogens is 3. The fourth-order valence-electron chi connectivity index (χ4n) is 5.45. The first-order chi connectivity index (χ1) is 18.3. The van der Waals surface area contributed by atoms with Crippen molar-refractivity contribution in [3.63, 3.8) is 0 Å². The molecule has 4 heterocycles. The molecule has 2 aromatic rings. The van der Waals surface area contributed by atoms with Crippen molar-refractivity contribution in [1.82, 2.24) is 19.7 Å². The molecule has 10 heteroatoms. The second-order valence-electron chi connectivity index (χ2n) is 9.98. The van der Waals surface area contributed by atoms with Gasteiger partial charge in [-0.25, -0.2) is 8.78 Å². The van der Waals surface area contributed by atoms with E-state index >= 15 is 0 Å². The fraction of sp³-hybridized carbons (Fsp3) is 0.429. The molecule has 2 unspecified atom stereocenters. The van der Waals surface area contributed by atoms with Crippen LogP contribution < -0.4 is 5.32 Å². The molecule has 2 amide bonds. The molecule has 0 aromatic carbocycles. The predicted octanol–water partition coefficient (Wildman–Crippen LogP) is 6.36. The molecule has 7 nitrogen and oxygen atoms in total. The third-order valence-electron chi connectivity index (χ3n) is 7.55. The molecule has 0 radical (unpaired) electrons. The summed E-state index contributed by atoms with van der Waals surface area (Å²) in [4.78, 5) is 32.7. The van der Waals surface area contributed by atoms with Crippen LogP contribution in [0.4, 0.5) is 14.5 Å². The normalized spacial score (nSPS) is 23.0. The Morgan fingerprint density at radius 3 is 2.76 bits per heavy atom. The van der Waals surface area contributed by atoms with Crippen molar-refractivity contribution in [3.8, 4) is 11.3 Å². The molecule has 3 aliphatic rings. The van der Waals surface area contributed by atoms with Crippen molar-refractivity contribution in [2.45, 2.75) is 65.0 Å². The first-order valence-electron chi connectivity index (χ1n) is 13.1. The van der Waals surface area contributed by atoms with E-state index in [2.05, 4.69) is 15.4 Å².